The monoisotopic (exact) mass is 261 g/mol. The molecule has 0 heterocycles. The molecule has 1 aliphatic carbocycles. The SMILES string of the molecule is CCNC(CCS(C)(=O)=O)CC1CCCCC1. The van der Waals surface area contributed by atoms with Crippen LogP contribution in [0.2, 0.25) is 0 Å². The molecule has 1 atom stereocenters. The van der Waals surface area contributed by atoms with E-state index >= 15 is 0 Å². The van der Waals surface area contributed by atoms with Crippen LogP contribution in [0.15, 0.2) is 0 Å². The van der Waals surface area contributed by atoms with Crippen molar-refractivity contribution >= 4 is 9.84 Å². The van der Waals surface area contributed by atoms with Gasteiger partial charge in [-0.25, -0.2) is 8.42 Å². The van der Waals surface area contributed by atoms with Gasteiger partial charge in [0.2, 0.25) is 0 Å². The molecule has 4 heteroatoms. The molecule has 0 aliphatic heterocycles. The van der Waals surface area contributed by atoms with Crippen LogP contribution in [0, 0.1) is 5.92 Å². The van der Waals surface area contributed by atoms with Crippen molar-refractivity contribution in [2.24, 2.45) is 5.92 Å². The van der Waals surface area contributed by atoms with Crippen molar-refractivity contribution in [3.05, 3.63) is 0 Å². The van der Waals surface area contributed by atoms with Crippen molar-refractivity contribution in [3.63, 3.8) is 0 Å². The Morgan fingerprint density at radius 1 is 1.24 bits per heavy atom. The fraction of sp³-hybridized carbons (Fsp3) is 1.00. The van der Waals surface area contributed by atoms with E-state index in [1.807, 2.05) is 0 Å². The van der Waals surface area contributed by atoms with Gasteiger partial charge in [0.1, 0.15) is 9.84 Å². The van der Waals surface area contributed by atoms with Gasteiger partial charge in [-0.2, -0.15) is 0 Å². The zero-order valence-corrected chi connectivity index (χ0v) is 12.1. The van der Waals surface area contributed by atoms with Crippen LogP contribution in [0.1, 0.15) is 51.9 Å². The highest BCUT2D eigenvalue weighted by molar-refractivity contribution is 7.90. The lowest BCUT2D eigenvalue weighted by Gasteiger charge is -2.27. The molecule has 0 amide bonds. The Morgan fingerprint density at radius 3 is 2.41 bits per heavy atom. The second-order valence-electron chi connectivity index (χ2n) is 5.41. The highest BCUT2D eigenvalue weighted by Gasteiger charge is 2.19. The smallest absolute Gasteiger partial charge is 0.147 e. The lowest BCUT2D eigenvalue weighted by Crippen LogP contribution is -2.33. The minimum Gasteiger partial charge on any atom is -0.314 e. The minimum absolute atomic E-state index is 0.317. The van der Waals surface area contributed by atoms with Gasteiger partial charge in [-0.15, -0.1) is 0 Å². The minimum atomic E-state index is -2.82. The molecular formula is C13H27NO2S. The summed E-state index contributed by atoms with van der Waals surface area (Å²) in [6, 6.07) is 0.387. The average Bonchev–Trinajstić information content (AvgIpc) is 2.27. The lowest BCUT2D eigenvalue weighted by molar-refractivity contribution is 0.296. The summed E-state index contributed by atoms with van der Waals surface area (Å²) in [5.41, 5.74) is 0. The molecule has 1 rings (SSSR count). The normalized spacial score (nSPS) is 20.4. The molecule has 1 saturated carbocycles. The van der Waals surface area contributed by atoms with Crippen LogP contribution in [0.4, 0.5) is 0 Å². The second kappa shape index (κ2) is 7.37. The fourth-order valence-electron chi connectivity index (χ4n) is 2.77. The van der Waals surface area contributed by atoms with Crippen LogP contribution in [0.25, 0.3) is 0 Å². The number of hydrogen-bond acceptors (Lipinski definition) is 3. The fourth-order valence-corrected chi connectivity index (χ4v) is 3.49. The molecule has 0 aromatic carbocycles. The van der Waals surface area contributed by atoms with Gasteiger partial charge in [-0.1, -0.05) is 39.0 Å². The van der Waals surface area contributed by atoms with Crippen molar-refractivity contribution < 1.29 is 8.42 Å². The summed E-state index contributed by atoms with van der Waals surface area (Å²) >= 11 is 0. The number of hydrogen-bond donors (Lipinski definition) is 1. The maximum atomic E-state index is 11.2. The number of nitrogens with one attached hydrogen (secondary N) is 1. The first-order valence-corrected chi connectivity index (χ1v) is 8.98. The quantitative estimate of drug-likeness (QED) is 0.765. The van der Waals surface area contributed by atoms with Crippen LogP contribution < -0.4 is 5.32 Å². The summed E-state index contributed by atoms with van der Waals surface area (Å²) in [7, 11) is -2.82. The van der Waals surface area contributed by atoms with E-state index < -0.39 is 9.84 Å². The molecular weight excluding hydrogens is 234 g/mol. The predicted octanol–water partition coefficient (Wildman–Crippen LogP) is 2.37. The van der Waals surface area contributed by atoms with Crippen molar-refractivity contribution in [1.82, 2.24) is 5.32 Å². The first kappa shape index (κ1) is 15.0. The van der Waals surface area contributed by atoms with E-state index in [0.29, 0.717) is 11.8 Å². The molecule has 0 aromatic heterocycles. The summed E-state index contributed by atoms with van der Waals surface area (Å²) in [5, 5.41) is 3.44. The summed E-state index contributed by atoms with van der Waals surface area (Å²) in [4.78, 5) is 0. The summed E-state index contributed by atoms with van der Waals surface area (Å²) in [6.07, 6.45) is 10.0. The Hall–Kier alpha value is -0.0900. The number of rotatable bonds is 7. The van der Waals surface area contributed by atoms with Gasteiger partial charge in [0.05, 0.1) is 5.75 Å². The molecule has 0 saturated heterocycles. The lowest BCUT2D eigenvalue weighted by atomic mass is 9.84. The molecule has 1 N–H and O–H groups in total. The Balaban J connectivity index is 2.36. The van der Waals surface area contributed by atoms with E-state index in [0.717, 1.165) is 25.3 Å². The highest BCUT2D eigenvalue weighted by Crippen LogP contribution is 2.27. The summed E-state index contributed by atoms with van der Waals surface area (Å²) in [5.74, 6) is 1.13. The molecule has 0 radical (unpaired) electrons. The first-order valence-electron chi connectivity index (χ1n) is 6.92. The molecule has 102 valence electrons. The van der Waals surface area contributed by atoms with Crippen molar-refractivity contribution in [3.8, 4) is 0 Å². The Kier molecular flexibility index (Phi) is 6.49. The molecule has 0 spiro atoms. The highest BCUT2D eigenvalue weighted by atomic mass is 32.2. The maximum Gasteiger partial charge on any atom is 0.147 e. The van der Waals surface area contributed by atoms with E-state index in [4.69, 9.17) is 0 Å². The summed E-state index contributed by atoms with van der Waals surface area (Å²) < 4.78 is 22.4. The zero-order valence-electron chi connectivity index (χ0n) is 11.2. The molecule has 1 unspecified atom stereocenters. The average molecular weight is 261 g/mol. The van der Waals surface area contributed by atoms with E-state index in [1.165, 1.54) is 38.4 Å². The largest absolute Gasteiger partial charge is 0.314 e. The van der Waals surface area contributed by atoms with Crippen LogP contribution in [0.3, 0.4) is 0 Å². The van der Waals surface area contributed by atoms with Crippen molar-refractivity contribution in [2.45, 2.75) is 57.9 Å². The van der Waals surface area contributed by atoms with E-state index in [1.54, 1.807) is 0 Å². The molecule has 0 bridgehead atoms. The maximum absolute atomic E-state index is 11.2. The zero-order chi connectivity index (χ0) is 12.7. The van der Waals surface area contributed by atoms with Crippen LogP contribution in [-0.4, -0.2) is 33.0 Å². The second-order valence-corrected chi connectivity index (χ2v) is 7.67. The van der Waals surface area contributed by atoms with Crippen molar-refractivity contribution in [2.75, 3.05) is 18.6 Å². The van der Waals surface area contributed by atoms with Crippen LogP contribution in [-0.2, 0) is 9.84 Å². The van der Waals surface area contributed by atoms with Gasteiger partial charge < -0.3 is 5.32 Å². The van der Waals surface area contributed by atoms with E-state index in [2.05, 4.69) is 12.2 Å². The van der Waals surface area contributed by atoms with Gasteiger partial charge in [0, 0.05) is 12.3 Å². The molecule has 1 fully saturated rings. The third-order valence-corrected chi connectivity index (χ3v) is 4.65. The summed E-state index contributed by atoms with van der Waals surface area (Å²) in [6.45, 7) is 3.02. The topological polar surface area (TPSA) is 46.2 Å². The van der Waals surface area contributed by atoms with Gasteiger partial charge in [-0.05, 0) is 25.3 Å². The molecule has 3 nitrogen and oxygen atoms in total. The Labute approximate surface area is 106 Å². The third kappa shape index (κ3) is 7.04. The van der Waals surface area contributed by atoms with Crippen LogP contribution >= 0.6 is 0 Å². The third-order valence-electron chi connectivity index (χ3n) is 3.67. The van der Waals surface area contributed by atoms with Gasteiger partial charge in [0.15, 0.2) is 0 Å². The van der Waals surface area contributed by atoms with E-state index in [9.17, 15) is 8.42 Å². The van der Waals surface area contributed by atoms with Gasteiger partial charge >= 0.3 is 0 Å². The standard InChI is InChI=1S/C13H27NO2S/c1-3-14-13(9-10-17(2,15)16)11-12-7-5-4-6-8-12/h12-14H,3-11H2,1-2H3. The number of sulfone groups is 1. The molecule has 0 aromatic rings. The molecule has 1 aliphatic rings. The van der Waals surface area contributed by atoms with Gasteiger partial charge in [0.25, 0.3) is 0 Å². The van der Waals surface area contributed by atoms with Gasteiger partial charge in [-0.3, -0.25) is 0 Å². The first-order chi connectivity index (χ1) is 8.01. The Morgan fingerprint density at radius 2 is 1.88 bits per heavy atom. The Bertz CT molecular complexity index is 295. The van der Waals surface area contributed by atoms with Crippen molar-refractivity contribution in [1.29, 1.82) is 0 Å². The predicted molar refractivity (Wildman–Crippen MR) is 73.0 cm³/mol. The van der Waals surface area contributed by atoms with E-state index in [-0.39, 0.29) is 0 Å². The van der Waals surface area contributed by atoms with Crippen LogP contribution in [0.5, 0.6) is 0 Å². The molecule has 17 heavy (non-hydrogen) atoms.